The molecule has 0 aliphatic carbocycles. The molecule has 3 aromatic carbocycles. The van der Waals surface area contributed by atoms with Crippen LogP contribution in [0.15, 0.2) is 83.3 Å². The molecular formula is C27H28BrClN2O3. The Hall–Kier alpha value is -2.83. The standard InChI is InChI=1S/C27H28BrClN2O3/c1-2-16-30-27(33)25(17-20-6-4-3-5-7-20)31(18-21-8-12-23(29)13-9-21)26(32)19-34-24-14-10-22(28)11-15-24/h3-15,25H,2,16-19H2,1H3,(H,30,33)/t25-/m1/s1. The van der Waals surface area contributed by atoms with Crippen LogP contribution in [-0.4, -0.2) is 35.9 Å². The molecule has 2 amide bonds. The number of carbonyl (C=O) groups is 2. The van der Waals surface area contributed by atoms with Crippen LogP contribution in [0.25, 0.3) is 0 Å². The van der Waals surface area contributed by atoms with Gasteiger partial charge in [-0.05, 0) is 53.9 Å². The predicted octanol–water partition coefficient (Wildman–Crippen LogP) is 5.65. The summed E-state index contributed by atoms with van der Waals surface area (Å²) in [4.78, 5) is 28.3. The second kappa shape index (κ2) is 13.2. The van der Waals surface area contributed by atoms with Crippen molar-refractivity contribution in [3.63, 3.8) is 0 Å². The molecule has 0 saturated carbocycles. The van der Waals surface area contributed by atoms with Gasteiger partial charge < -0.3 is 15.0 Å². The normalized spacial score (nSPS) is 11.5. The lowest BCUT2D eigenvalue weighted by molar-refractivity contribution is -0.142. The first-order valence-corrected chi connectivity index (χ1v) is 12.4. The maximum absolute atomic E-state index is 13.5. The summed E-state index contributed by atoms with van der Waals surface area (Å²) in [6, 6.07) is 23.6. The fourth-order valence-electron chi connectivity index (χ4n) is 3.47. The van der Waals surface area contributed by atoms with Crippen LogP contribution in [0.2, 0.25) is 5.02 Å². The highest BCUT2D eigenvalue weighted by Gasteiger charge is 2.30. The van der Waals surface area contributed by atoms with Crippen LogP contribution in [0.4, 0.5) is 0 Å². The molecule has 1 N–H and O–H groups in total. The first kappa shape index (κ1) is 25.8. The van der Waals surface area contributed by atoms with Crippen LogP contribution in [0.3, 0.4) is 0 Å². The van der Waals surface area contributed by atoms with E-state index in [0.717, 1.165) is 22.0 Å². The Morgan fingerprint density at radius 3 is 2.29 bits per heavy atom. The number of nitrogens with one attached hydrogen (secondary N) is 1. The van der Waals surface area contributed by atoms with E-state index in [-0.39, 0.29) is 25.0 Å². The largest absolute Gasteiger partial charge is 0.484 e. The van der Waals surface area contributed by atoms with Gasteiger partial charge in [-0.25, -0.2) is 0 Å². The van der Waals surface area contributed by atoms with Gasteiger partial charge in [-0.2, -0.15) is 0 Å². The molecule has 0 heterocycles. The van der Waals surface area contributed by atoms with Gasteiger partial charge in [-0.15, -0.1) is 0 Å². The van der Waals surface area contributed by atoms with Gasteiger partial charge in [0.25, 0.3) is 5.91 Å². The van der Waals surface area contributed by atoms with E-state index in [1.807, 2.05) is 61.5 Å². The molecule has 0 saturated heterocycles. The molecule has 0 fully saturated rings. The number of hydrogen-bond acceptors (Lipinski definition) is 3. The average Bonchev–Trinajstić information content (AvgIpc) is 2.86. The lowest BCUT2D eigenvalue weighted by Crippen LogP contribution is -2.51. The fraction of sp³-hybridized carbons (Fsp3) is 0.259. The Labute approximate surface area is 214 Å². The molecule has 0 aromatic heterocycles. The van der Waals surface area contributed by atoms with Crippen LogP contribution >= 0.6 is 27.5 Å². The van der Waals surface area contributed by atoms with Crippen LogP contribution < -0.4 is 10.1 Å². The zero-order valence-corrected chi connectivity index (χ0v) is 21.4. The van der Waals surface area contributed by atoms with Gasteiger partial charge in [0, 0.05) is 29.0 Å². The zero-order valence-electron chi connectivity index (χ0n) is 19.0. The van der Waals surface area contributed by atoms with E-state index < -0.39 is 6.04 Å². The minimum atomic E-state index is -0.689. The van der Waals surface area contributed by atoms with Gasteiger partial charge in [-0.3, -0.25) is 9.59 Å². The van der Waals surface area contributed by atoms with Crippen LogP contribution in [0.1, 0.15) is 24.5 Å². The number of amides is 2. The Kier molecular flexibility index (Phi) is 9.98. The summed E-state index contributed by atoms with van der Waals surface area (Å²) in [5.41, 5.74) is 1.85. The maximum Gasteiger partial charge on any atom is 0.261 e. The Morgan fingerprint density at radius 2 is 1.65 bits per heavy atom. The summed E-state index contributed by atoms with van der Waals surface area (Å²) >= 11 is 9.44. The molecule has 0 radical (unpaired) electrons. The quantitative estimate of drug-likeness (QED) is 0.340. The van der Waals surface area contributed by atoms with Crippen molar-refractivity contribution < 1.29 is 14.3 Å². The molecular weight excluding hydrogens is 516 g/mol. The molecule has 3 aromatic rings. The zero-order chi connectivity index (χ0) is 24.3. The average molecular weight is 544 g/mol. The summed E-state index contributed by atoms with van der Waals surface area (Å²) in [6.07, 6.45) is 1.20. The molecule has 178 valence electrons. The summed E-state index contributed by atoms with van der Waals surface area (Å²) in [5.74, 6) is 0.125. The molecule has 0 unspecified atom stereocenters. The second-order valence-corrected chi connectivity index (χ2v) is 9.24. The predicted molar refractivity (Wildman–Crippen MR) is 139 cm³/mol. The third kappa shape index (κ3) is 7.89. The highest BCUT2D eigenvalue weighted by molar-refractivity contribution is 9.10. The van der Waals surface area contributed by atoms with Gasteiger partial charge >= 0.3 is 0 Å². The Balaban J connectivity index is 1.87. The molecule has 1 atom stereocenters. The third-order valence-corrected chi connectivity index (χ3v) is 6.04. The van der Waals surface area contributed by atoms with E-state index in [1.165, 1.54) is 0 Å². The number of nitrogens with zero attached hydrogens (tertiary/aromatic N) is 1. The van der Waals surface area contributed by atoms with Crippen molar-refractivity contribution in [3.8, 4) is 5.75 Å². The van der Waals surface area contributed by atoms with E-state index in [0.29, 0.717) is 23.7 Å². The van der Waals surface area contributed by atoms with Crippen LogP contribution in [0.5, 0.6) is 5.75 Å². The number of ether oxygens (including phenoxy) is 1. The lowest BCUT2D eigenvalue weighted by atomic mass is 10.0. The number of rotatable bonds is 11. The SMILES string of the molecule is CCCNC(=O)[C@@H](Cc1ccccc1)N(Cc1ccc(Cl)cc1)C(=O)COc1ccc(Br)cc1. The molecule has 0 bridgehead atoms. The van der Waals surface area contributed by atoms with Gasteiger partial charge in [0.2, 0.25) is 5.91 Å². The van der Waals surface area contributed by atoms with E-state index in [1.54, 1.807) is 29.2 Å². The number of halogens is 2. The summed E-state index contributed by atoms with van der Waals surface area (Å²) in [5, 5.41) is 3.58. The minimum Gasteiger partial charge on any atom is -0.484 e. The van der Waals surface area contributed by atoms with E-state index >= 15 is 0 Å². The van der Waals surface area contributed by atoms with Crippen LogP contribution in [-0.2, 0) is 22.6 Å². The van der Waals surface area contributed by atoms with Crippen molar-refractivity contribution in [2.24, 2.45) is 0 Å². The molecule has 7 heteroatoms. The Bertz CT molecular complexity index is 1060. The molecule has 0 aliphatic heterocycles. The van der Waals surface area contributed by atoms with Crippen molar-refractivity contribution in [3.05, 3.63) is 99.5 Å². The van der Waals surface area contributed by atoms with Crippen molar-refractivity contribution in [2.75, 3.05) is 13.2 Å². The summed E-state index contributed by atoms with van der Waals surface area (Å²) in [6.45, 7) is 2.62. The first-order chi connectivity index (χ1) is 16.5. The molecule has 0 spiro atoms. The first-order valence-electron chi connectivity index (χ1n) is 11.2. The second-order valence-electron chi connectivity index (χ2n) is 7.89. The third-order valence-electron chi connectivity index (χ3n) is 5.26. The number of hydrogen-bond donors (Lipinski definition) is 1. The van der Waals surface area contributed by atoms with Crippen molar-refractivity contribution >= 4 is 39.3 Å². The molecule has 5 nitrogen and oxygen atoms in total. The van der Waals surface area contributed by atoms with Gasteiger partial charge in [0.05, 0.1) is 0 Å². The molecule has 34 heavy (non-hydrogen) atoms. The molecule has 3 rings (SSSR count). The topological polar surface area (TPSA) is 58.6 Å². The van der Waals surface area contributed by atoms with Crippen LogP contribution in [0, 0.1) is 0 Å². The van der Waals surface area contributed by atoms with E-state index in [9.17, 15) is 9.59 Å². The van der Waals surface area contributed by atoms with Gasteiger partial charge in [0.15, 0.2) is 6.61 Å². The van der Waals surface area contributed by atoms with Crippen molar-refractivity contribution in [1.82, 2.24) is 10.2 Å². The molecule has 0 aliphatic rings. The van der Waals surface area contributed by atoms with Gasteiger partial charge in [-0.1, -0.05) is 76.9 Å². The monoisotopic (exact) mass is 542 g/mol. The van der Waals surface area contributed by atoms with E-state index in [2.05, 4.69) is 21.2 Å². The summed E-state index contributed by atoms with van der Waals surface area (Å²) < 4.78 is 6.68. The highest BCUT2D eigenvalue weighted by Crippen LogP contribution is 2.19. The van der Waals surface area contributed by atoms with Crippen molar-refractivity contribution in [2.45, 2.75) is 32.4 Å². The fourth-order valence-corrected chi connectivity index (χ4v) is 3.86. The maximum atomic E-state index is 13.5. The highest BCUT2D eigenvalue weighted by atomic mass is 79.9. The lowest BCUT2D eigenvalue weighted by Gasteiger charge is -2.31. The number of benzene rings is 3. The van der Waals surface area contributed by atoms with Gasteiger partial charge in [0.1, 0.15) is 11.8 Å². The summed E-state index contributed by atoms with van der Waals surface area (Å²) in [7, 11) is 0. The number of carbonyl (C=O) groups excluding carboxylic acids is 2. The Morgan fingerprint density at radius 1 is 0.971 bits per heavy atom. The minimum absolute atomic E-state index is 0.179. The van der Waals surface area contributed by atoms with Crippen molar-refractivity contribution in [1.29, 1.82) is 0 Å². The van der Waals surface area contributed by atoms with E-state index in [4.69, 9.17) is 16.3 Å². The smallest absolute Gasteiger partial charge is 0.261 e.